The molecule has 29 heavy (non-hydrogen) atoms. The Morgan fingerprint density at radius 2 is 1.83 bits per heavy atom. The van der Waals surface area contributed by atoms with Gasteiger partial charge in [0.15, 0.2) is 5.82 Å². The molecule has 0 radical (unpaired) electrons. The molecule has 146 valence electrons. The molecule has 0 N–H and O–H groups in total. The summed E-state index contributed by atoms with van der Waals surface area (Å²) in [4.78, 5) is 32.3. The first-order chi connectivity index (χ1) is 14.0. The van der Waals surface area contributed by atoms with Crippen molar-refractivity contribution in [2.24, 2.45) is 0 Å². The number of hydrogen-bond donors (Lipinski definition) is 0. The lowest BCUT2D eigenvalue weighted by atomic mass is 10.0. The standard InChI is InChI=1S/C20H17N5O4/c26-24(27)17-7-6-15(19(10-17)25(28)29)12-23-9-8-18-16(13-23)11-21-20(22-18)14-4-2-1-3-5-14/h1-7,10-11H,8-9,12-13H2. The average molecular weight is 391 g/mol. The van der Waals surface area contributed by atoms with Gasteiger partial charge in [0.05, 0.1) is 21.6 Å². The Morgan fingerprint density at radius 3 is 2.55 bits per heavy atom. The van der Waals surface area contributed by atoms with E-state index in [1.807, 2.05) is 30.3 Å². The molecule has 2 aromatic carbocycles. The Kier molecular flexibility index (Phi) is 4.96. The number of fused-ring (bicyclic) bond motifs is 1. The summed E-state index contributed by atoms with van der Waals surface area (Å²) in [7, 11) is 0. The van der Waals surface area contributed by atoms with Crippen molar-refractivity contribution in [2.75, 3.05) is 6.54 Å². The average Bonchev–Trinajstić information content (AvgIpc) is 2.74. The van der Waals surface area contributed by atoms with Crippen LogP contribution in [-0.2, 0) is 19.5 Å². The first-order valence-corrected chi connectivity index (χ1v) is 9.05. The molecule has 0 spiro atoms. The van der Waals surface area contributed by atoms with Gasteiger partial charge in [-0.1, -0.05) is 30.3 Å². The number of rotatable bonds is 5. The molecular weight excluding hydrogens is 374 g/mol. The smallest absolute Gasteiger partial charge is 0.280 e. The van der Waals surface area contributed by atoms with Gasteiger partial charge in [0.1, 0.15) is 0 Å². The quantitative estimate of drug-likeness (QED) is 0.483. The molecular formula is C20H17N5O4. The molecule has 4 rings (SSSR count). The van der Waals surface area contributed by atoms with E-state index in [2.05, 4.69) is 14.9 Å². The second kappa shape index (κ2) is 7.72. The SMILES string of the molecule is O=[N+]([O-])c1ccc(CN2CCc3nc(-c4ccccc4)ncc3C2)c([N+](=O)[O-])c1. The normalized spacial score (nSPS) is 13.7. The van der Waals surface area contributed by atoms with Crippen LogP contribution in [0.15, 0.2) is 54.7 Å². The van der Waals surface area contributed by atoms with Crippen molar-refractivity contribution in [1.82, 2.24) is 14.9 Å². The van der Waals surface area contributed by atoms with Crippen molar-refractivity contribution in [3.8, 4) is 11.4 Å². The topological polar surface area (TPSA) is 115 Å². The highest BCUT2D eigenvalue weighted by atomic mass is 16.6. The van der Waals surface area contributed by atoms with E-state index in [0.29, 0.717) is 37.4 Å². The third kappa shape index (κ3) is 3.94. The second-order valence-corrected chi connectivity index (χ2v) is 6.82. The predicted molar refractivity (Wildman–Crippen MR) is 105 cm³/mol. The largest absolute Gasteiger partial charge is 0.294 e. The number of benzene rings is 2. The molecule has 9 heteroatoms. The molecule has 0 atom stereocenters. The summed E-state index contributed by atoms with van der Waals surface area (Å²) in [6.07, 6.45) is 2.51. The number of nitrogens with zero attached hydrogens (tertiary/aromatic N) is 5. The van der Waals surface area contributed by atoms with E-state index < -0.39 is 9.85 Å². The maximum atomic E-state index is 11.4. The van der Waals surface area contributed by atoms with Crippen molar-refractivity contribution < 1.29 is 9.85 Å². The minimum atomic E-state index is -0.629. The maximum absolute atomic E-state index is 11.4. The van der Waals surface area contributed by atoms with Crippen LogP contribution >= 0.6 is 0 Å². The van der Waals surface area contributed by atoms with Gasteiger partial charge >= 0.3 is 0 Å². The van der Waals surface area contributed by atoms with Gasteiger partial charge in [-0.3, -0.25) is 25.1 Å². The Hall–Kier alpha value is -3.72. The van der Waals surface area contributed by atoms with Crippen LogP contribution in [0.5, 0.6) is 0 Å². The summed E-state index contributed by atoms with van der Waals surface area (Å²) in [6, 6.07) is 13.5. The Bertz CT molecular complexity index is 1090. The monoisotopic (exact) mass is 391 g/mol. The molecule has 9 nitrogen and oxygen atoms in total. The molecule has 0 saturated heterocycles. The van der Waals surface area contributed by atoms with Gasteiger partial charge in [-0.05, 0) is 6.07 Å². The Labute approximate surface area is 166 Å². The molecule has 0 unspecified atom stereocenters. The van der Waals surface area contributed by atoms with E-state index in [-0.39, 0.29) is 11.4 Å². The summed E-state index contributed by atoms with van der Waals surface area (Å²) in [5.41, 5.74) is 2.85. The van der Waals surface area contributed by atoms with Crippen LogP contribution in [0.25, 0.3) is 11.4 Å². The number of nitro groups is 2. The molecule has 1 aromatic heterocycles. The van der Waals surface area contributed by atoms with Crippen molar-refractivity contribution in [3.63, 3.8) is 0 Å². The first kappa shape index (κ1) is 18.6. The lowest BCUT2D eigenvalue weighted by molar-refractivity contribution is -0.394. The molecule has 1 aliphatic heterocycles. The summed E-state index contributed by atoms with van der Waals surface area (Å²) in [5.74, 6) is 0.684. The van der Waals surface area contributed by atoms with Gasteiger partial charge in [-0.2, -0.15) is 0 Å². The van der Waals surface area contributed by atoms with E-state index >= 15 is 0 Å². The highest BCUT2D eigenvalue weighted by molar-refractivity contribution is 5.55. The van der Waals surface area contributed by atoms with Crippen LogP contribution in [0.3, 0.4) is 0 Å². The lowest BCUT2D eigenvalue weighted by Gasteiger charge is -2.28. The fourth-order valence-corrected chi connectivity index (χ4v) is 3.45. The molecule has 2 heterocycles. The zero-order valence-corrected chi connectivity index (χ0v) is 15.4. The van der Waals surface area contributed by atoms with Gasteiger partial charge in [0.25, 0.3) is 11.4 Å². The number of aromatic nitrogens is 2. The van der Waals surface area contributed by atoms with Gasteiger partial charge < -0.3 is 0 Å². The van der Waals surface area contributed by atoms with Crippen molar-refractivity contribution in [3.05, 3.63) is 91.8 Å². The molecule has 1 aliphatic rings. The molecule has 0 bridgehead atoms. The molecule has 0 fully saturated rings. The summed E-state index contributed by atoms with van der Waals surface area (Å²) < 4.78 is 0. The number of hydrogen-bond acceptors (Lipinski definition) is 7. The fourth-order valence-electron chi connectivity index (χ4n) is 3.45. The zero-order chi connectivity index (χ0) is 20.4. The van der Waals surface area contributed by atoms with Gasteiger partial charge in [0, 0.05) is 55.0 Å². The number of non-ortho nitro benzene ring substituents is 1. The van der Waals surface area contributed by atoms with Crippen LogP contribution in [0.1, 0.15) is 16.8 Å². The van der Waals surface area contributed by atoms with Gasteiger partial charge in [0.2, 0.25) is 0 Å². The van der Waals surface area contributed by atoms with Gasteiger partial charge in [-0.15, -0.1) is 0 Å². The van der Waals surface area contributed by atoms with E-state index in [4.69, 9.17) is 0 Å². The molecule has 0 amide bonds. The summed E-state index contributed by atoms with van der Waals surface area (Å²) in [6.45, 7) is 1.58. The van der Waals surface area contributed by atoms with E-state index in [1.165, 1.54) is 12.1 Å². The highest BCUT2D eigenvalue weighted by Crippen LogP contribution is 2.28. The van der Waals surface area contributed by atoms with Crippen LogP contribution < -0.4 is 0 Å². The number of nitro benzene ring substituents is 2. The minimum absolute atomic E-state index is 0.235. The van der Waals surface area contributed by atoms with Crippen LogP contribution in [0.2, 0.25) is 0 Å². The molecule has 0 saturated carbocycles. The third-order valence-electron chi connectivity index (χ3n) is 4.92. The fraction of sp³-hybridized carbons (Fsp3) is 0.200. The van der Waals surface area contributed by atoms with E-state index in [0.717, 1.165) is 22.9 Å². The van der Waals surface area contributed by atoms with Crippen molar-refractivity contribution >= 4 is 11.4 Å². The van der Waals surface area contributed by atoms with Gasteiger partial charge in [-0.25, -0.2) is 9.97 Å². The van der Waals surface area contributed by atoms with E-state index in [1.54, 1.807) is 6.20 Å². The van der Waals surface area contributed by atoms with Crippen molar-refractivity contribution in [2.45, 2.75) is 19.5 Å². The second-order valence-electron chi connectivity index (χ2n) is 6.82. The van der Waals surface area contributed by atoms with Crippen molar-refractivity contribution in [1.29, 1.82) is 0 Å². The summed E-state index contributed by atoms with van der Waals surface area (Å²) in [5, 5.41) is 22.3. The maximum Gasteiger partial charge on any atom is 0.280 e. The summed E-state index contributed by atoms with van der Waals surface area (Å²) >= 11 is 0. The third-order valence-corrected chi connectivity index (χ3v) is 4.92. The van der Waals surface area contributed by atoms with Crippen LogP contribution in [0.4, 0.5) is 11.4 Å². The highest BCUT2D eigenvalue weighted by Gasteiger charge is 2.24. The van der Waals surface area contributed by atoms with Crippen LogP contribution in [-0.4, -0.2) is 31.3 Å². The Balaban J connectivity index is 1.54. The van der Waals surface area contributed by atoms with E-state index in [9.17, 15) is 20.2 Å². The first-order valence-electron chi connectivity index (χ1n) is 9.05. The lowest BCUT2D eigenvalue weighted by Crippen LogP contribution is -2.31. The Morgan fingerprint density at radius 1 is 1.03 bits per heavy atom. The zero-order valence-electron chi connectivity index (χ0n) is 15.4. The predicted octanol–water partition coefficient (Wildman–Crippen LogP) is 3.52. The minimum Gasteiger partial charge on any atom is -0.294 e. The molecule has 3 aromatic rings. The van der Waals surface area contributed by atoms with Crippen LogP contribution in [0, 0.1) is 20.2 Å². The molecule has 0 aliphatic carbocycles.